The number of nitrogens with zero attached hydrogens (tertiary/aromatic N) is 1. The van der Waals surface area contributed by atoms with Crippen LogP contribution in [0.3, 0.4) is 0 Å². The fourth-order valence-electron chi connectivity index (χ4n) is 3.40. The molecule has 0 saturated carbocycles. The van der Waals surface area contributed by atoms with Crippen LogP contribution in [0.4, 0.5) is 4.79 Å². The molecule has 0 bridgehead atoms. The first-order chi connectivity index (χ1) is 12.5. The number of benzene rings is 1. The quantitative estimate of drug-likeness (QED) is 0.910. The van der Waals surface area contributed by atoms with Gasteiger partial charge in [0.05, 0.1) is 19.3 Å². The van der Waals surface area contributed by atoms with Gasteiger partial charge in [-0.1, -0.05) is 12.1 Å². The van der Waals surface area contributed by atoms with Gasteiger partial charge in [-0.05, 0) is 44.7 Å². The summed E-state index contributed by atoms with van der Waals surface area (Å²) in [6.45, 7) is 7.48. The van der Waals surface area contributed by atoms with E-state index in [0.29, 0.717) is 26.1 Å². The fraction of sp³-hybridized carbons (Fsp3) is 0.500. The average Bonchev–Trinajstić information content (AvgIpc) is 3.02. The van der Waals surface area contributed by atoms with Crippen molar-refractivity contribution in [3.8, 4) is 0 Å². The Hall–Kier alpha value is -2.50. The molecule has 3 rings (SSSR count). The zero-order valence-electron chi connectivity index (χ0n) is 15.6. The van der Waals surface area contributed by atoms with Gasteiger partial charge in [-0.25, -0.2) is 4.79 Å². The molecule has 0 radical (unpaired) electrons. The minimum Gasteiger partial charge on any atom is -0.464 e. The lowest BCUT2D eigenvalue weighted by atomic mass is 10.0. The molecule has 1 aromatic heterocycles. The maximum absolute atomic E-state index is 12.4. The summed E-state index contributed by atoms with van der Waals surface area (Å²) in [5.74, 6) is -0.0134. The topological polar surface area (TPSA) is 71.8 Å². The van der Waals surface area contributed by atoms with Gasteiger partial charge in [-0.3, -0.25) is 4.79 Å². The fourth-order valence-corrected chi connectivity index (χ4v) is 3.40. The molecule has 1 fully saturated rings. The second-order valence-electron chi connectivity index (χ2n) is 6.85. The molecule has 1 aliphatic rings. The highest BCUT2D eigenvalue weighted by atomic mass is 16.6. The lowest BCUT2D eigenvalue weighted by Crippen LogP contribution is -2.47. The van der Waals surface area contributed by atoms with E-state index in [1.807, 2.05) is 19.9 Å². The minimum atomic E-state index is -0.271. The number of rotatable bonds is 4. The number of likely N-dealkylation sites (tertiary alicyclic amines) is 1. The minimum absolute atomic E-state index is 0.0134. The second-order valence-corrected chi connectivity index (χ2v) is 6.85. The Labute approximate surface area is 153 Å². The van der Waals surface area contributed by atoms with Crippen molar-refractivity contribution in [2.24, 2.45) is 0 Å². The number of aryl methyl sites for hydroxylation is 2. The highest BCUT2D eigenvalue weighted by Crippen LogP contribution is 2.26. The van der Waals surface area contributed by atoms with E-state index in [1.54, 1.807) is 18.1 Å². The molecule has 6 nitrogen and oxygen atoms in total. The number of hydrogen-bond acceptors (Lipinski definition) is 4. The smallest absolute Gasteiger partial charge is 0.409 e. The molecule has 140 valence electrons. The zero-order valence-corrected chi connectivity index (χ0v) is 15.6. The summed E-state index contributed by atoms with van der Waals surface area (Å²) in [6.07, 6.45) is 3.20. The lowest BCUT2D eigenvalue weighted by Gasteiger charge is -2.31. The predicted molar refractivity (Wildman–Crippen MR) is 99.2 cm³/mol. The Morgan fingerprint density at radius 3 is 2.69 bits per heavy atom. The van der Waals surface area contributed by atoms with E-state index in [2.05, 4.69) is 11.4 Å². The van der Waals surface area contributed by atoms with Crippen molar-refractivity contribution in [1.82, 2.24) is 10.2 Å². The van der Waals surface area contributed by atoms with Crippen molar-refractivity contribution in [2.75, 3.05) is 19.7 Å². The van der Waals surface area contributed by atoms with E-state index in [1.165, 1.54) is 5.56 Å². The summed E-state index contributed by atoms with van der Waals surface area (Å²) in [6, 6.07) is 4.16. The van der Waals surface area contributed by atoms with Gasteiger partial charge >= 0.3 is 6.09 Å². The molecular formula is C20H26N2O4. The Balaban J connectivity index is 1.56. The maximum atomic E-state index is 12.4. The van der Waals surface area contributed by atoms with Crippen LogP contribution in [0.1, 0.15) is 36.5 Å². The molecule has 6 heteroatoms. The van der Waals surface area contributed by atoms with Crippen molar-refractivity contribution < 1.29 is 18.7 Å². The molecule has 2 heterocycles. The predicted octanol–water partition coefficient (Wildman–Crippen LogP) is 3.33. The number of fused-ring (bicyclic) bond motifs is 1. The van der Waals surface area contributed by atoms with Gasteiger partial charge in [0.15, 0.2) is 0 Å². The van der Waals surface area contributed by atoms with Gasteiger partial charge in [0.1, 0.15) is 5.58 Å². The molecule has 0 unspecified atom stereocenters. The summed E-state index contributed by atoms with van der Waals surface area (Å²) in [4.78, 5) is 25.8. The van der Waals surface area contributed by atoms with Crippen LogP contribution >= 0.6 is 0 Å². The Kier molecular flexibility index (Phi) is 5.49. The van der Waals surface area contributed by atoms with Crippen LogP contribution in [0.25, 0.3) is 11.0 Å². The first-order valence-corrected chi connectivity index (χ1v) is 9.17. The number of piperidine rings is 1. The highest BCUT2D eigenvalue weighted by molar-refractivity contribution is 5.89. The highest BCUT2D eigenvalue weighted by Gasteiger charge is 2.24. The maximum Gasteiger partial charge on any atom is 0.409 e. The first-order valence-electron chi connectivity index (χ1n) is 9.17. The van der Waals surface area contributed by atoms with E-state index in [9.17, 15) is 9.59 Å². The molecule has 1 aromatic carbocycles. The van der Waals surface area contributed by atoms with Crippen LogP contribution < -0.4 is 5.32 Å². The standard InChI is InChI=1S/C20H26N2O4/c1-4-25-20(24)22-9-7-16(8-10-22)21-18(23)11-15-12-26-19-14(3)13(2)5-6-17(15)19/h5-6,12,16H,4,7-11H2,1-3H3,(H,21,23). The number of carbonyl (C=O) groups is 2. The number of furan rings is 1. The molecule has 0 aliphatic carbocycles. The largest absolute Gasteiger partial charge is 0.464 e. The van der Waals surface area contributed by atoms with Gasteiger partial charge in [0, 0.05) is 30.1 Å². The number of amides is 2. The molecule has 1 saturated heterocycles. The molecule has 1 aliphatic heterocycles. The van der Waals surface area contributed by atoms with Crippen molar-refractivity contribution in [1.29, 1.82) is 0 Å². The average molecular weight is 358 g/mol. The van der Waals surface area contributed by atoms with Crippen LogP contribution in [0.15, 0.2) is 22.8 Å². The third-order valence-electron chi connectivity index (χ3n) is 5.08. The molecule has 2 aromatic rings. The number of nitrogens with one attached hydrogen (secondary N) is 1. The monoisotopic (exact) mass is 358 g/mol. The number of ether oxygens (including phenoxy) is 1. The van der Waals surface area contributed by atoms with Crippen LogP contribution in [-0.2, 0) is 16.0 Å². The lowest BCUT2D eigenvalue weighted by molar-refractivity contribution is -0.121. The second kappa shape index (κ2) is 7.81. The molecule has 1 N–H and O–H groups in total. The molecule has 26 heavy (non-hydrogen) atoms. The van der Waals surface area contributed by atoms with E-state index in [4.69, 9.17) is 9.15 Å². The summed E-state index contributed by atoms with van der Waals surface area (Å²) in [7, 11) is 0. The summed E-state index contributed by atoms with van der Waals surface area (Å²) < 4.78 is 10.7. The molecule has 0 spiro atoms. The van der Waals surface area contributed by atoms with Crippen LogP contribution in [0.2, 0.25) is 0 Å². The summed E-state index contributed by atoms with van der Waals surface area (Å²) >= 11 is 0. The van der Waals surface area contributed by atoms with Crippen LogP contribution in [0, 0.1) is 13.8 Å². The molecular weight excluding hydrogens is 332 g/mol. The van der Waals surface area contributed by atoms with E-state index >= 15 is 0 Å². The van der Waals surface area contributed by atoms with Crippen LogP contribution in [0.5, 0.6) is 0 Å². The number of carbonyl (C=O) groups excluding carboxylic acids is 2. The van der Waals surface area contributed by atoms with Crippen LogP contribution in [-0.4, -0.2) is 42.6 Å². The summed E-state index contributed by atoms with van der Waals surface area (Å²) in [5.41, 5.74) is 4.05. The van der Waals surface area contributed by atoms with E-state index in [0.717, 1.165) is 34.9 Å². The third kappa shape index (κ3) is 3.84. The van der Waals surface area contributed by atoms with E-state index in [-0.39, 0.29) is 18.0 Å². The van der Waals surface area contributed by atoms with E-state index < -0.39 is 0 Å². The van der Waals surface area contributed by atoms with Gasteiger partial charge in [-0.15, -0.1) is 0 Å². The normalized spacial score (nSPS) is 15.3. The Morgan fingerprint density at radius 1 is 1.27 bits per heavy atom. The molecule has 2 amide bonds. The summed E-state index contributed by atoms with van der Waals surface area (Å²) in [5, 5.41) is 4.08. The van der Waals surface area contributed by atoms with Gasteiger partial charge in [-0.2, -0.15) is 0 Å². The van der Waals surface area contributed by atoms with Gasteiger partial charge < -0.3 is 19.4 Å². The van der Waals surface area contributed by atoms with Crippen molar-refractivity contribution in [3.05, 3.63) is 35.1 Å². The van der Waals surface area contributed by atoms with Gasteiger partial charge in [0.25, 0.3) is 0 Å². The SMILES string of the molecule is CCOC(=O)N1CCC(NC(=O)Cc2coc3c(C)c(C)ccc23)CC1. The van der Waals surface area contributed by atoms with Gasteiger partial charge in [0.2, 0.25) is 5.91 Å². The first kappa shape index (κ1) is 18.3. The number of hydrogen-bond donors (Lipinski definition) is 1. The molecule has 0 atom stereocenters. The zero-order chi connectivity index (χ0) is 18.7. The third-order valence-corrected chi connectivity index (χ3v) is 5.08. The Morgan fingerprint density at radius 2 is 2.00 bits per heavy atom. The Bertz CT molecular complexity index is 803. The van der Waals surface area contributed by atoms with Crippen molar-refractivity contribution in [3.63, 3.8) is 0 Å². The van der Waals surface area contributed by atoms with Crippen molar-refractivity contribution >= 4 is 23.0 Å². The van der Waals surface area contributed by atoms with Crippen molar-refractivity contribution in [2.45, 2.75) is 46.1 Å².